The number of benzene rings is 1. The molecule has 0 saturated carbocycles. The van der Waals surface area contributed by atoms with Gasteiger partial charge in [-0.05, 0) is 14.0 Å². The lowest BCUT2D eigenvalue weighted by atomic mass is 10.1. The van der Waals surface area contributed by atoms with E-state index in [0.717, 1.165) is 36.8 Å². The fourth-order valence-corrected chi connectivity index (χ4v) is 3.09. The number of nitrogens with zero attached hydrogens (tertiary/aromatic N) is 4. The molecule has 1 aliphatic rings. The van der Waals surface area contributed by atoms with Gasteiger partial charge in [-0.1, -0.05) is 35.0 Å². The van der Waals surface area contributed by atoms with Crippen LogP contribution >= 0.6 is 12.4 Å². The van der Waals surface area contributed by atoms with E-state index in [-0.39, 0.29) is 18.4 Å². The van der Waals surface area contributed by atoms with Gasteiger partial charge in [-0.15, -0.1) is 12.4 Å². The maximum atomic E-state index is 5.85. The van der Waals surface area contributed by atoms with Crippen molar-refractivity contribution < 1.29 is 8.94 Å². The van der Waals surface area contributed by atoms with Gasteiger partial charge in [-0.3, -0.25) is 4.90 Å². The van der Waals surface area contributed by atoms with Crippen LogP contribution in [0.3, 0.4) is 0 Å². The first kappa shape index (κ1) is 19.5. The molecule has 1 N–H and O–H groups in total. The molecule has 2 aromatic heterocycles. The zero-order valence-corrected chi connectivity index (χ0v) is 16.3. The summed E-state index contributed by atoms with van der Waals surface area (Å²) in [5.74, 6) is 2.81. The summed E-state index contributed by atoms with van der Waals surface area (Å²) in [5, 5.41) is 7.51. The summed E-state index contributed by atoms with van der Waals surface area (Å²) in [7, 11) is 2.08. The molecule has 0 spiro atoms. The van der Waals surface area contributed by atoms with Crippen LogP contribution in [-0.4, -0.2) is 46.7 Å². The number of hydrogen-bond acceptors (Lipinski definition) is 7. The topological polar surface area (TPSA) is 80.2 Å². The Morgan fingerprint density at radius 1 is 1.19 bits per heavy atom. The van der Waals surface area contributed by atoms with Crippen molar-refractivity contribution in [3.8, 4) is 11.3 Å². The van der Waals surface area contributed by atoms with Crippen molar-refractivity contribution in [3.05, 3.63) is 53.6 Å². The summed E-state index contributed by atoms with van der Waals surface area (Å²) < 4.78 is 11.3. The average molecular weight is 390 g/mol. The Kier molecular flexibility index (Phi) is 6.26. The third-order valence-corrected chi connectivity index (χ3v) is 4.74. The molecule has 1 unspecified atom stereocenters. The number of aromatic nitrogens is 3. The molecule has 3 heterocycles. The highest BCUT2D eigenvalue weighted by Gasteiger charge is 2.25. The van der Waals surface area contributed by atoms with Crippen LogP contribution < -0.4 is 5.32 Å². The van der Waals surface area contributed by atoms with Gasteiger partial charge < -0.3 is 14.3 Å². The van der Waals surface area contributed by atoms with Crippen molar-refractivity contribution in [3.63, 3.8) is 0 Å². The van der Waals surface area contributed by atoms with Gasteiger partial charge >= 0.3 is 0 Å². The van der Waals surface area contributed by atoms with Crippen LogP contribution in [0, 0.1) is 6.92 Å². The van der Waals surface area contributed by atoms with Crippen molar-refractivity contribution in [2.24, 2.45) is 0 Å². The Bertz CT molecular complexity index is 861. The van der Waals surface area contributed by atoms with Crippen LogP contribution in [0.5, 0.6) is 0 Å². The number of rotatable bonds is 5. The molecule has 0 radical (unpaired) electrons. The van der Waals surface area contributed by atoms with Gasteiger partial charge in [0, 0.05) is 38.0 Å². The minimum Gasteiger partial charge on any atom is -0.441 e. The molecule has 7 nitrogen and oxygen atoms in total. The lowest BCUT2D eigenvalue weighted by Crippen LogP contribution is -2.44. The predicted octanol–water partition coefficient (Wildman–Crippen LogP) is 2.82. The van der Waals surface area contributed by atoms with Crippen LogP contribution in [0.4, 0.5) is 0 Å². The normalized spacial score (nSPS) is 17.6. The molecule has 4 rings (SSSR count). The first-order valence-electron chi connectivity index (χ1n) is 8.94. The van der Waals surface area contributed by atoms with Crippen LogP contribution in [0.25, 0.3) is 11.3 Å². The minimum atomic E-state index is 0. The maximum absolute atomic E-state index is 5.85. The predicted molar refractivity (Wildman–Crippen MR) is 104 cm³/mol. The third-order valence-electron chi connectivity index (χ3n) is 4.74. The maximum Gasteiger partial charge on any atom is 0.227 e. The lowest BCUT2D eigenvalue weighted by Gasteiger charge is -2.30. The second kappa shape index (κ2) is 8.65. The van der Waals surface area contributed by atoms with Crippen molar-refractivity contribution in [1.82, 2.24) is 25.3 Å². The van der Waals surface area contributed by atoms with Gasteiger partial charge in [0.15, 0.2) is 17.5 Å². The zero-order valence-electron chi connectivity index (χ0n) is 15.5. The van der Waals surface area contributed by atoms with Gasteiger partial charge in [0.2, 0.25) is 5.89 Å². The number of nitrogens with one attached hydrogen (secondary N) is 1. The molecule has 1 fully saturated rings. The summed E-state index contributed by atoms with van der Waals surface area (Å²) >= 11 is 0. The molecule has 144 valence electrons. The highest BCUT2D eigenvalue weighted by Crippen LogP contribution is 2.22. The molecule has 0 bridgehead atoms. The van der Waals surface area contributed by atoms with Crippen molar-refractivity contribution in [1.29, 1.82) is 0 Å². The van der Waals surface area contributed by atoms with E-state index < -0.39 is 0 Å². The molecule has 1 saturated heterocycles. The van der Waals surface area contributed by atoms with Gasteiger partial charge in [0.05, 0.1) is 12.2 Å². The first-order valence-corrected chi connectivity index (χ1v) is 8.94. The van der Waals surface area contributed by atoms with Gasteiger partial charge in [0.1, 0.15) is 0 Å². The van der Waals surface area contributed by atoms with E-state index in [2.05, 4.69) is 51.4 Å². The third kappa shape index (κ3) is 4.55. The quantitative estimate of drug-likeness (QED) is 0.718. The van der Waals surface area contributed by atoms with Crippen LogP contribution in [0.2, 0.25) is 0 Å². The van der Waals surface area contributed by atoms with Crippen molar-refractivity contribution in [2.45, 2.75) is 25.8 Å². The standard InChI is InChI=1S/C19H23N5O2.ClH/c1-13-3-5-14(6-4-13)16-12-21-17(25-16)7-8-18-22-19(23-26-18)15-11-20-9-10-24(15)2;/h3-6,12,15,20H,7-11H2,1-2H3;1H. The highest BCUT2D eigenvalue weighted by atomic mass is 35.5. The van der Waals surface area contributed by atoms with Crippen LogP contribution in [0.1, 0.15) is 29.2 Å². The smallest absolute Gasteiger partial charge is 0.227 e. The van der Waals surface area contributed by atoms with Gasteiger partial charge in [-0.25, -0.2) is 4.98 Å². The highest BCUT2D eigenvalue weighted by molar-refractivity contribution is 5.85. The molecule has 1 aromatic carbocycles. The molecule has 1 atom stereocenters. The second-order valence-electron chi connectivity index (χ2n) is 6.73. The number of likely N-dealkylation sites (N-methyl/N-ethyl adjacent to an activating group) is 1. The Morgan fingerprint density at radius 3 is 2.74 bits per heavy atom. The van der Waals surface area contributed by atoms with Crippen molar-refractivity contribution in [2.75, 3.05) is 26.7 Å². The molecule has 0 amide bonds. The molecule has 1 aliphatic heterocycles. The largest absolute Gasteiger partial charge is 0.441 e. The SMILES string of the molecule is Cc1ccc(-c2cnc(CCc3nc(C4CNCCN4C)no3)o2)cc1.Cl. The van der Waals surface area contributed by atoms with Crippen LogP contribution in [-0.2, 0) is 12.8 Å². The number of halogens is 1. The summed E-state index contributed by atoms with van der Waals surface area (Å²) in [6.45, 7) is 4.88. The summed E-state index contributed by atoms with van der Waals surface area (Å²) in [6, 6.07) is 8.37. The van der Waals surface area contributed by atoms with Crippen LogP contribution in [0.15, 0.2) is 39.4 Å². The van der Waals surface area contributed by atoms with E-state index in [1.54, 1.807) is 6.20 Å². The fraction of sp³-hybridized carbons (Fsp3) is 0.421. The van der Waals surface area contributed by atoms with Gasteiger partial charge in [-0.2, -0.15) is 4.98 Å². The Labute approximate surface area is 164 Å². The van der Waals surface area contributed by atoms with Crippen molar-refractivity contribution >= 4 is 12.4 Å². The molecular formula is C19H24ClN5O2. The zero-order chi connectivity index (χ0) is 17.9. The second-order valence-corrected chi connectivity index (χ2v) is 6.73. The number of oxazole rings is 1. The van der Waals surface area contributed by atoms with E-state index in [1.807, 2.05) is 12.1 Å². The molecule has 0 aliphatic carbocycles. The van der Waals surface area contributed by atoms with E-state index in [0.29, 0.717) is 24.6 Å². The number of hydrogen-bond donors (Lipinski definition) is 1. The summed E-state index contributed by atoms with van der Waals surface area (Å²) in [6.07, 6.45) is 3.01. The molecular weight excluding hydrogens is 366 g/mol. The average Bonchev–Trinajstić information content (AvgIpc) is 3.30. The molecule has 8 heteroatoms. The van der Waals surface area contributed by atoms with E-state index in [9.17, 15) is 0 Å². The van der Waals surface area contributed by atoms with Gasteiger partial charge in [0.25, 0.3) is 0 Å². The number of aryl methyl sites for hydroxylation is 3. The monoisotopic (exact) mass is 389 g/mol. The molecule has 3 aromatic rings. The summed E-state index contributed by atoms with van der Waals surface area (Å²) in [5.41, 5.74) is 2.25. The number of piperazine rings is 1. The first-order chi connectivity index (χ1) is 12.7. The minimum absolute atomic E-state index is 0. The van der Waals surface area contributed by atoms with E-state index in [1.165, 1.54) is 5.56 Å². The Morgan fingerprint density at radius 2 is 1.96 bits per heavy atom. The van der Waals surface area contributed by atoms with E-state index >= 15 is 0 Å². The molecule has 27 heavy (non-hydrogen) atoms. The fourth-order valence-electron chi connectivity index (χ4n) is 3.09. The van der Waals surface area contributed by atoms with E-state index in [4.69, 9.17) is 8.94 Å². The Balaban J connectivity index is 0.00000210. The Hall–Kier alpha value is -2.22. The summed E-state index contributed by atoms with van der Waals surface area (Å²) in [4.78, 5) is 11.2. The lowest BCUT2D eigenvalue weighted by molar-refractivity contribution is 0.190.